The van der Waals surface area contributed by atoms with Gasteiger partial charge in [-0.15, -0.1) is 0 Å². The van der Waals surface area contributed by atoms with Gasteiger partial charge in [0.25, 0.3) is 0 Å². The van der Waals surface area contributed by atoms with Crippen LogP contribution in [0.2, 0.25) is 0 Å². The second-order valence-corrected chi connectivity index (χ2v) is 8.67. The molecule has 27 heavy (non-hydrogen) atoms. The summed E-state index contributed by atoms with van der Waals surface area (Å²) in [7, 11) is 0. The largest absolute Gasteiger partial charge is 0.356 e. The summed E-state index contributed by atoms with van der Waals surface area (Å²) >= 11 is 0. The molecule has 2 saturated heterocycles. The van der Waals surface area contributed by atoms with Crippen molar-refractivity contribution in [1.29, 1.82) is 0 Å². The van der Waals surface area contributed by atoms with Crippen molar-refractivity contribution in [2.75, 3.05) is 42.9 Å². The maximum absolute atomic E-state index is 4.81. The van der Waals surface area contributed by atoms with Crippen molar-refractivity contribution in [1.82, 2.24) is 14.9 Å². The Balaban J connectivity index is 1.53. The van der Waals surface area contributed by atoms with Crippen LogP contribution in [0.5, 0.6) is 0 Å². The molecule has 2 aliphatic rings. The number of nitrogens with zero attached hydrogens (tertiary/aromatic N) is 4. The molecule has 0 spiro atoms. The van der Waals surface area contributed by atoms with E-state index in [4.69, 9.17) is 4.98 Å². The minimum Gasteiger partial charge on any atom is -0.356 e. The molecule has 5 heteroatoms. The molecule has 0 aromatic carbocycles. The van der Waals surface area contributed by atoms with Gasteiger partial charge in [0, 0.05) is 38.4 Å². The van der Waals surface area contributed by atoms with Gasteiger partial charge in [-0.3, -0.25) is 4.90 Å². The van der Waals surface area contributed by atoms with Crippen LogP contribution in [0.1, 0.15) is 65.7 Å². The van der Waals surface area contributed by atoms with Gasteiger partial charge in [0.1, 0.15) is 5.82 Å². The highest BCUT2D eigenvalue weighted by Gasteiger charge is 2.26. The van der Waals surface area contributed by atoms with E-state index in [2.05, 4.69) is 46.9 Å². The number of hydrogen-bond donors (Lipinski definition) is 1. The van der Waals surface area contributed by atoms with Crippen LogP contribution in [0.4, 0.5) is 11.8 Å². The van der Waals surface area contributed by atoms with Crippen molar-refractivity contribution < 1.29 is 0 Å². The molecule has 1 N–H and O–H groups in total. The fourth-order valence-corrected chi connectivity index (χ4v) is 4.44. The summed E-state index contributed by atoms with van der Waals surface area (Å²) in [6.07, 6.45) is 11.0. The van der Waals surface area contributed by atoms with Gasteiger partial charge < -0.3 is 10.2 Å². The van der Waals surface area contributed by atoms with E-state index in [0.717, 1.165) is 43.2 Å². The summed E-state index contributed by atoms with van der Waals surface area (Å²) in [5.74, 6) is 3.44. The molecule has 2 fully saturated rings. The van der Waals surface area contributed by atoms with Gasteiger partial charge in [-0.25, -0.2) is 4.98 Å². The minimum absolute atomic E-state index is 0.613. The van der Waals surface area contributed by atoms with Crippen LogP contribution in [0, 0.1) is 11.8 Å². The Bertz CT molecular complexity index is 555. The lowest BCUT2D eigenvalue weighted by Crippen LogP contribution is -2.39. The fraction of sp³-hybridized carbons (Fsp3) is 0.818. The average molecular weight is 374 g/mol. The minimum atomic E-state index is 0.613. The lowest BCUT2D eigenvalue weighted by Gasteiger charge is -2.30. The maximum Gasteiger partial charge on any atom is 0.224 e. The number of hydrogen-bond acceptors (Lipinski definition) is 5. The summed E-state index contributed by atoms with van der Waals surface area (Å²) in [5.41, 5.74) is 0. The zero-order valence-electron chi connectivity index (χ0n) is 17.7. The molecular weight excluding hydrogens is 334 g/mol. The monoisotopic (exact) mass is 373 g/mol. The molecule has 3 unspecified atom stereocenters. The normalized spacial score (nSPS) is 23.8. The lowest BCUT2D eigenvalue weighted by molar-refractivity contribution is 0.195. The first-order valence-electron chi connectivity index (χ1n) is 11.2. The number of nitrogens with one attached hydrogen (secondary N) is 1. The first kappa shape index (κ1) is 20.4. The summed E-state index contributed by atoms with van der Waals surface area (Å²) in [4.78, 5) is 14.4. The predicted molar refractivity (Wildman–Crippen MR) is 114 cm³/mol. The molecule has 0 amide bonds. The molecule has 1 aromatic heterocycles. The van der Waals surface area contributed by atoms with Crippen molar-refractivity contribution in [2.45, 2.75) is 71.8 Å². The summed E-state index contributed by atoms with van der Waals surface area (Å²) < 4.78 is 0. The van der Waals surface area contributed by atoms with E-state index in [1.54, 1.807) is 0 Å². The molecule has 2 aliphatic heterocycles. The van der Waals surface area contributed by atoms with Crippen LogP contribution in [-0.2, 0) is 0 Å². The quantitative estimate of drug-likeness (QED) is 0.731. The third-order valence-electron chi connectivity index (χ3n) is 6.70. The smallest absolute Gasteiger partial charge is 0.224 e. The van der Waals surface area contributed by atoms with Crippen molar-refractivity contribution >= 4 is 11.8 Å². The summed E-state index contributed by atoms with van der Waals surface area (Å²) in [5, 5.41) is 3.54. The molecule has 1 aromatic rings. The predicted octanol–water partition coefficient (Wildman–Crippen LogP) is 4.42. The number of anilines is 2. The number of rotatable bonds is 8. The molecule has 0 aliphatic carbocycles. The highest BCUT2D eigenvalue weighted by Crippen LogP contribution is 2.23. The third-order valence-corrected chi connectivity index (χ3v) is 6.70. The Morgan fingerprint density at radius 1 is 1.07 bits per heavy atom. The number of likely N-dealkylation sites (tertiary alicyclic amines) is 1. The molecule has 0 bridgehead atoms. The summed E-state index contributed by atoms with van der Waals surface area (Å²) in [6, 6.07) is 2.67. The molecule has 3 atom stereocenters. The molecular formula is C22H39N5. The van der Waals surface area contributed by atoms with Crippen LogP contribution >= 0.6 is 0 Å². The van der Waals surface area contributed by atoms with E-state index in [-0.39, 0.29) is 0 Å². The van der Waals surface area contributed by atoms with E-state index in [1.807, 2.05) is 6.20 Å². The Kier molecular flexibility index (Phi) is 7.74. The Morgan fingerprint density at radius 3 is 2.59 bits per heavy atom. The first-order valence-corrected chi connectivity index (χ1v) is 11.2. The SMILES string of the molecule is CCC(C)C(C)CN1CCCC1CNc1nccc(N2CCCCCC2)n1. The van der Waals surface area contributed by atoms with E-state index in [9.17, 15) is 0 Å². The van der Waals surface area contributed by atoms with E-state index in [1.165, 1.54) is 58.0 Å². The molecule has 3 heterocycles. The fourth-order valence-electron chi connectivity index (χ4n) is 4.44. The van der Waals surface area contributed by atoms with Crippen molar-refractivity contribution in [3.05, 3.63) is 12.3 Å². The first-order chi connectivity index (χ1) is 13.2. The van der Waals surface area contributed by atoms with E-state index >= 15 is 0 Å². The van der Waals surface area contributed by atoms with Gasteiger partial charge >= 0.3 is 0 Å². The Hall–Kier alpha value is -1.36. The second-order valence-electron chi connectivity index (χ2n) is 8.67. The van der Waals surface area contributed by atoms with Gasteiger partial charge in [-0.2, -0.15) is 4.98 Å². The zero-order valence-corrected chi connectivity index (χ0v) is 17.7. The Morgan fingerprint density at radius 2 is 1.85 bits per heavy atom. The van der Waals surface area contributed by atoms with Gasteiger partial charge in [0.05, 0.1) is 0 Å². The highest BCUT2D eigenvalue weighted by atomic mass is 15.2. The topological polar surface area (TPSA) is 44.3 Å². The molecule has 3 rings (SSSR count). The third kappa shape index (κ3) is 5.81. The van der Waals surface area contributed by atoms with Crippen molar-refractivity contribution in [3.8, 4) is 0 Å². The summed E-state index contributed by atoms with van der Waals surface area (Å²) in [6.45, 7) is 12.8. The number of aromatic nitrogens is 2. The molecule has 0 radical (unpaired) electrons. The standard InChI is InChI=1S/C22H39N5/c1-4-18(2)19(3)17-27-15-9-10-20(27)16-24-22-23-12-11-21(25-22)26-13-7-5-6-8-14-26/h11-12,18-20H,4-10,13-17H2,1-3H3,(H,23,24,25). The zero-order chi connectivity index (χ0) is 19.1. The van der Waals surface area contributed by atoms with E-state index in [0.29, 0.717) is 6.04 Å². The lowest BCUT2D eigenvalue weighted by atomic mass is 9.93. The van der Waals surface area contributed by atoms with Crippen LogP contribution in [0.3, 0.4) is 0 Å². The van der Waals surface area contributed by atoms with Crippen LogP contribution in [0.25, 0.3) is 0 Å². The van der Waals surface area contributed by atoms with Crippen LogP contribution in [0.15, 0.2) is 12.3 Å². The van der Waals surface area contributed by atoms with Crippen LogP contribution < -0.4 is 10.2 Å². The van der Waals surface area contributed by atoms with E-state index < -0.39 is 0 Å². The van der Waals surface area contributed by atoms with Crippen molar-refractivity contribution in [3.63, 3.8) is 0 Å². The van der Waals surface area contributed by atoms with Gasteiger partial charge in [0.15, 0.2) is 0 Å². The van der Waals surface area contributed by atoms with Gasteiger partial charge in [0.2, 0.25) is 5.95 Å². The van der Waals surface area contributed by atoms with Crippen molar-refractivity contribution in [2.24, 2.45) is 11.8 Å². The maximum atomic E-state index is 4.81. The van der Waals surface area contributed by atoms with Gasteiger partial charge in [-0.1, -0.05) is 40.0 Å². The molecule has 0 saturated carbocycles. The Labute approximate surface area is 165 Å². The molecule has 5 nitrogen and oxygen atoms in total. The second kappa shape index (κ2) is 10.3. The highest BCUT2D eigenvalue weighted by molar-refractivity contribution is 5.42. The molecule has 152 valence electrons. The van der Waals surface area contributed by atoms with Crippen LogP contribution in [-0.4, -0.2) is 53.6 Å². The average Bonchev–Trinajstić information content (AvgIpc) is 2.95. The van der Waals surface area contributed by atoms with Gasteiger partial charge in [-0.05, 0) is 50.1 Å².